The SMILES string of the molecule is COc1cc2c(cc1NC(=O)C[NH+](C)Cc1cccc(OC)c1OC)oc1ccccc12. The number of carbonyl (C=O) groups excluding carboxylic acids is 1. The number of benzene rings is 3. The molecule has 0 bridgehead atoms. The molecule has 32 heavy (non-hydrogen) atoms. The van der Waals surface area contributed by atoms with Crippen molar-refractivity contribution in [2.75, 3.05) is 40.2 Å². The number of fused-ring (bicyclic) bond motifs is 3. The number of carbonyl (C=O) groups is 1. The molecule has 3 aromatic carbocycles. The molecule has 0 spiro atoms. The third-order valence-electron chi connectivity index (χ3n) is 5.41. The number of methoxy groups -OCH3 is 3. The molecule has 0 saturated heterocycles. The average Bonchev–Trinajstić information content (AvgIpc) is 3.15. The van der Waals surface area contributed by atoms with Crippen LogP contribution in [0.25, 0.3) is 21.9 Å². The van der Waals surface area contributed by atoms with Crippen molar-refractivity contribution < 1.29 is 28.3 Å². The molecule has 4 rings (SSSR count). The maximum Gasteiger partial charge on any atom is 0.279 e. The average molecular weight is 436 g/mol. The minimum Gasteiger partial charge on any atom is -0.495 e. The van der Waals surface area contributed by atoms with Gasteiger partial charge < -0.3 is 28.8 Å². The normalized spacial score (nSPS) is 12.0. The minimum atomic E-state index is -0.127. The summed E-state index contributed by atoms with van der Waals surface area (Å²) in [6.07, 6.45) is 0. The highest BCUT2D eigenvalue weighted by Gasteiger charge is 2.18. The first-order chi connectivity index (χ1) is 15.5. The molecule has 1 aromatic heterocycles. The van der Waals surface area contributed by atoms with Crippen LogP contribution in [-0.2, 0) is 11.3 Å². The van der Waals surface area contributed by atoms with Crippen LogP contribution in [0.15, 0.2) is 59.0 Å². The van der Waals surface area contributed by atoms with Gasteiger partial charge in [0.2, 0.25) is 0 Å². The molecule has 0 aliphatic rings. The molecule has 1 heterocycles. The lowest BCUT2D eigenvalue weighted by molar-refractivity contribution is -0.885. The zero-order chi connectivity index (χ0) is 22.7. The number of hydrogen-bond donors (Lipinski definition) is 2. The summed E-state index contributed by atoms with van der Waals surface area (Å²) in [5.41, 5.74) is 3.04. The highest BCUT2D eigenvalue weighted by atomic mass is 16.5. The molecule has 0 aliphatic carbocycles. The summed E-state index contributed by atoms with van der Waals surface area (Å²) in [4.78, 5) is 13.8. The number of anilines is 1. The summed E-state index contributed by atoms with van der Waals surface area (Å²) in [5.74, 6) is 1.82. The van der Waals surface area contributed by atoms with E-state index in [4.69, 9.17) is 18.6 Å². The van der Waals surface area contributed by atoms with Crippen molar-refractivity contribution in [3.05, 3.63) is 60.2 Å². The summed E-state index contributed by atoms with van der Waals surface area (Å²) in [5, 5.41) is 4.92. The first-order valence-electron chi connectivity index (χ1n) is 10.3. The van der Waals surface area contributed by atoms with Crippen LogP contribution in [0.4, 0.5) is 5.69 Å². The first kappa shape index (κ1) is 21.5. The maximum absolute atomic E-state index is 12.8. The lowest BCUT2D eigenvalue weighted by Crippen LogP contribution is -3.08. The zero-order valence-corrected chi connectivity index (χ0v) is 18.7. The molecule has 0 saturated carbocycles. The monoisotopic (exact) mass is 435 g/mol. The number of para-hydroxylation sites is 2. The second-order valence-electron chi connectivity index (χ2n) is 7.66. The summed E-state index contributed by atoms with van der Waals surface area (Å²) in [6, 6.07) is 17.3. The molecular formula is C25H27N2O5+. The van der Waals surface area contributed by atoms with Crippen LogP contribution in [-0.4, -0.2) is 40.8 Å². The van der Waals surface area contributed by atoms with Crippen LogP contribution >= 0.6 is 0 Å². The van der Waals surface area contributed by atoms with Gasteiger partial charge in [-0.2, -0.15) is 0 Å². The van der Waals surface area contributed by atoms with Crippen molar-refractivity contribution in [1.82, 2.24) is 0 Å². The van der Waals surface area contributed by atoms with E-state index in [2.05, 4.69) is 5.32 Å². The number of hydrogen-bond acceptors (Lipinski definition) is 5. The fourth-order valence-corrected chi connectivity index (χ4v) is 3.97. The van der Waals surface area contributed by atoms with E-state index in [1.54, 1.807) is 21.3 Å². The predicted molar refractivity (Wildman–Crippen MR) is 124 cm³/mol. The van der Waals surface area contributed by atoms with Crippen LogP contribution in [0.2, 0.25) is 0 Å². The predicted octanol–water partition coefficient (Wildman–Crippen LogP) is 3.27. The fraction of sp³-hybridized carbons (Fsp3) is 0.240. The molecule has 0 fully saturated rings. The topological polar surface area (TPSA) is 74.4 Å². The highest BCUT2D eigenvalue weighted by Crippen LogP contribution is 2.36. The molecule has 7 heteroatoms. The first-order valence-corrected chi connectivity index (χ1v) is 10.3. The molecule has 166 valence electrons. The van der Waals surface area contributed by atoms with E-state index in [0.29, 0.717) is 35.1 Å². The second kappa shape index (κ2) is 9.20. The summed E-state index contributed by atoms with van der Waals surface area (Å²) >= 11 is 0. The van der Waals surface area contributed by atoms with Gasteiger partial charge in [-0.25, -0.2) is 0 Å². The largest absolute Gasteiger partial charge is 0.495 e. The van der Waals surface area contributed by atoms with E-state index in [-0.39, 0.29) is 12.5 Å². The van der Waals surface area contributed by atoms with Crippen LogP contribution in [0.1, 0.15) is 5.56 Å². The van der Waals surface area contributed by atoms with Crippen molar-refractivity contribution >= 4 is 33.5 Å². The second-order valence-corrected chi connectivity index (χ2v) is 7.66. The maximum atomic E-state index is 12.8. The molecule has 2 N–H and O–H groups in total. The van der Waals surface area contributed by atoms with Gasteiger partial charge in [-0.15, -0.1) is 0 Å². The molecule has 1 atom stereocenters. The third kappa shape index (κ3) is 4.20. The molecule has 1 unspecified atom stereocenters. The van der Waals surface area contributed by atoms with Gasteiger partial charge in [0.1, 0.15) is 23.5 Å². The number of ether oxygens (including phenoxy) is 3. The lowest BCUT2D eigenvalue weighted by atomic mass is 10.1. The van der Waals surface area contributed by atoms with E-state index >= 15 is 0 Å². The van der Waals surface area contributed by atoms with E-state index in [9.17, 15) is 4.79 Å². The zero-order valence-electron chi connectivity index (χ0n) is 18.7. The van der Waals surface area contributed by atoms with Gasteiger partial charge in [0, 0.05) is 16.8 Å². The van der Waals surface area contributed by atoms with Gasteiger partial charge >= 0.3 is 0 Å². The van der Waals surface area contributed by atoms with Crippen LogP contribution < -0.4 is 24.4 Å². The molecule has 0 radical (unpaired) electrons. The number of amides is 1. The van der Waals surface area contributed by atoms with Crippen molar-refractivity contribution in [2.24, 2.45) is 0 Å². The van der Waals surface area contributed by atoms with Crippen molar-refractivity contribution in [3.63, 3.8) is 0 Å². The fourth-order valence-electron chi connectivity index (χ4n) is 3.97. The van der Waals surface area contributed by atoms with Crippen LogP contribution in [0, 0.1) is 0 Å². The molecule has 4 aromatic rings. The van der Waals surface area contributed by atoms with Gasteiger partial charge in [-0.1, -0.05) is 24.3 Å². The Hall–Kier alpha value is -3.71. The number of rotatable bonds is 8. The number of furan rings is 1. The Morgan fingerprint density at radius 2 is 1.69 bits per heavy atom. The van der Waals surface area contributed by atoms with E-state index < -0.39 is 0 Å². The number of quaternary nitrogens is 1. The Balaban J connectivity index is 1.51. The molecule has 7 nitrogen and oxygen atoms in total. The molecule has 1 amide bonds. The molecular weight excluding hydrogens is 408 g/mol. The number of nitrogens with one attached hydrogen (secondary N) is 2. The highest BCUT2D eigenvalue weighted by molar-refractivity contribution is 6.07. The van der Waals surface area contributed by atoms with Crippen LogP contribution in [0.3, 0.4) is 0 Å². The standard InChI is InChI=1S/C25H26N2O5/c1-27(14-16-8-7-11-21(29-2)25(16)31-4)15-24(28)26-19-13-22-18(12-23(19)30-3)17-9-5-6-10-20(17)32-22/h5-13H,14-15H2,1-4H3,(H,26,28)/p+1. The Bertz CT molecular complexity index is 1260. The molecule has 0 aliphatic heterocycles. The Kier molecular flexibility index (Phi) is 6.18. The van der Waals surface area contributed by atoms with Gasteiger partial charge in [-0.3, -0.25) is 4.79 Å². The minimum absolute atomic E-state index is 0.127. The Labute approximate surface area is 186 Å². The van der Waals surface area contributed by atoms with Gasteiger partial charge in [-0.05, 0) is 24.3 Å². The smallest absolute Gasteiger partial charge is 0.279 e. The van der Waals surface area contributed by atoms with E-state index in [1.807, 2.05) is 61.6 Å². The van der Waals surface area contributed by atoms with E-state index in [1.165, 1.54) is 0 Å². The van der Waals surface area contributed by atoms with Crippen molar-refractivity contribution in [2.45, 2.75) is 6.54 Å². The third-order valence-corrected chi connectivity index (χ3v) is 5.41. The van der Waals surface area contributed by atoms with Gasteiger partial charge in [0.15, 0.2) is 18.0 Å². The van der Waals surface area contributed by atoms with Gasteiger partial charge in [0.25, 0.3) is 5.91 Å². The van der Waals surface area contributed by atoms with Crippen LogP contribution in [0.5, 0.6) is 17.2 Å². The van der Waals surface area contributed by atoms with Gasteiger partial charge in [0.05, 0.1) is 39.6 Å². The summed E-state index contributed by atoms with van der Waals surface area (Å²) < 4.78 is 22.3. The summed E-state index contributed by atoms with van der Waals surface area (Å²) in [7, 11) is 6.77. The van der Waals surface area contributed by atoms with E-state index in [0.717, 1.165) is 26.8 Å². The number of likely N-dealkylation sites (N-methyl/N-ethyl adjacent to an activating group) is 1. The Morgan fingerprint density at radius 3 is 2.44 bits per heavy atom. The lowest BCUT2D eigenvalue weighted by Gasteiger charge is -2.17. The quantitative estimate of drug-likeness (QED) is 0.444. The summed E-state index contributed by atoms with van der Waals surface area (Å²) in [6.45, 7) is 0.870. The van der Waals surface area contributed by atoms with Crippen molar-refractivity contribution in [1.29, 1.82) is 0 Å². The van der Waals surface area contributed by atoms with Crippen molar-refractivity contribution in [3.8, 4) is 17.2 Å². The Morgan fingerprint density at radius 1 is 0.906 bits per heavy atom.